The fraction of sp³-hybridized carbons (Fsp3) is 0.267. The van der Waals surface area contributed by atoms with Gasteiger partial charge in [0, 0.05) is 12.2 Å². The topological polar surface area (TPSA) is 99.1 Å². The van der Waals surface area contributed by atoms with Crippen molar-refractivity contribution in [3.05, 3.63) is 48.0 Å². The van der Waals surface area contributed by atoms with Gasteiger partial charge in [0.15, 0.2) is 0 Å². The third-order valence-electron chi connectivity index (χ3n) is 2.26. The van der Waals surface area contributed by atoms with Gasteiger partial charge in [0.05, 0.1) is 25.4 Å². The minimum Gasteiger partial charge on any atom is -0.460 e. The third kappa shape index (κ3) is 7.32. The summed E-state index contributed by atoms with van der Waals surface area (Å²) in [6.07, 6.45) is 2.17. The fourth-order valence-corrected chi connectivity index (χ4v) is 1.32. The minimum atomic E-state index is -0.579. The van der Waals surface area contributed by atoms with Crippen LogP contribution in [0.15, 0.2) is 42.5 Å². The van der Waals surface area contributed by atoms with Crippen LogP contribution in [-0.2, 0) is 23.8 Å². The molecule has 1 aromatic carbocycles. The maximum atomic E-state index is 11.4. The maximum absolute atomic E-state index is 11.4. The Morgan fingerprint density at radius 2 is 1.64 bits per heavy atom. The highest BCUT2D eigenvalue weighted by Gasteiger charge is 2.10. The molecule has 1 aliphatic heterocycles. The van der Waals surface area contributed by atoms with E-state index >= 15 is 0 Å². The molecule has 0 bridgehead atoms. The van der Waals surface area contributed by atoms with Crippen molar-refractivity contribution in [2.45, 2.75) is 0 Å². The van der Waals surface area contributed by atoms with E-state index in [-0.39, 0.29) is 25.8 Å². The van der Waals surface area contributed by atoms with Crippen molar-refractivity contribution in [2.24, 2.45) is 0 Å². The highest BCUT2D eigenvalue weighted by molar-refractivity contribution is 6.04. The monoisotopic (exact) mass is 308 g/mol. The Morgan fingerprint density at radius 3 is 2.14 bits per heavy atom. The van der Waals surface area contributed by atoms with Crippen molar-refractivity contribution in [1.29, 1.82) is 0 Å². The summed E-state index contributed by atoms with van der Waals surface area (Å²) in [6.45, 7) is 0.752. The summed E-state index contributed by atoms with van der Waals surface area (Å²) in [5.41, 5.74) is 0.527. The van der Waals surface area contributed by atoms with Crippen molar-refractivity contribution < 1.29 is 33.7 Å². The quantitative estimate of drug-likeness (QED) is 0.463. The van der Waals surface area contributed by atoms with E-state index in [0.29, 0.717) is 12.2 Å². The maximum Gasteiger partial charge on any atom is 0.338 e. The number of hydrogen-bond acceptors (Lipinski definition) is 7. The van der Waals surface area contributed by atoms with Crippen LogP contribution >= 0.6 is 0 Å². The standard InChI is InChI=1S/C11H14O4.C4H2O3/c12-6-7-14-8-9-15-11(13)10-4-2-1-3-5-10;5-3-1-2-4(6)7-3/h1-5,12H,6-9H2;1-2H. The largest absolute Gasteiger partial charge is 0.460 e. The number of aliphatic hydroxyl groups is 1. The number of aliphatic hydroxyl groups excluding tert-OH is 1. The summed E-state index contributed by atoms with van der Waals surface area (Å²) >= 11 is 0. The molecule has 22 heavy (non-hydrogen) atoms. The molecule has 0 spiro atoms. The molecule has 0 aromatic heterocycles. The predicted molar refractivity (Wildman–Crippen MR) is 74.9 cm³/mol. The first kappa shape index (κ1) is 17.5. The number of carbonyl (C=O) groups is 3. The number of ether oxygens (including phenoxy) is 3. The fourth-order valence-electron chi connectivity index (χ4n) is 1.32. The van der Waals surface area contributed by atoms with Gasteiger partial charge in [-0.25, -0.2) is 14.4 Å². The van der Waals surface area contributed by atoms with Crippen LogP contribution in [0.25, 0.3) is 0 Å². The molecule has 1 aliphatic rings. The van der Waals surface area contributed by atoms with Crippen LogP contribution in [0.4, 0.5) is 0 Å². The van der Waals surface area contributed by atoms with Gasteiger partial charge < -0.3 is 19.3 Å². The molecule has 0 atom stereocenters. The lowest BCUT2D eigenvalue weighted by atomic mass is 10.2. The van der Waals surface area contributed by atoms with Gasteiger partial charge in [0.25, 0.3) is 0 Å². The smallest absolute Gasteiger partial charge is 0.338 e. The van der Waals surface area contributed by atoms with Crippen molar-refractivity contribution in [3.8, 4) is 0 Å². The zero-order valence-corrected chi connectivity index (χ0v) is 11.8. The van der Waals surface area contributed by atoms with Crippen LogP contribution in [0.2, 0.25) is 0 Å². The second-order valence-corrected chi connectivity index (χ2v) is 3.91. The Balaban J connectivity index is 0.000000287. The summed E-state index contributed by atoms with van der Waals surface area (Å²) in [5, 5.41) is 8.42. The van der Waals surface area contributed by atoms with E-state index in [1.165, 1.54) is 0 Å². The Hall–Kier alpha value is -2.51. The molecule has 0 fully saturated rings. The van der Waals surface area contributed by atoms with Gasteiger partial charge in [-0.1, -0.05) is 18.2 Å². The second kappa shape index (κ2) is 10.3. The van der Waals surface area contributed by atoms with Crippen LogP contribution in [0, 0.1) is 0 Å². The summed E-state index contributed by atoms with van der Waals surface area (Å²) in [4.78, 5) is 31.2. The van der Waals surface area contributed by atoms with Crippen molar-refractivity contribution in [2.75, 3.05) is 26.4 Å². The molecule has 0 saturated heterocycles. The van der Waals surface area contributed by atoms with Crippen LogP contribution in [0.5, 0.6) is 0 Å². The van der Waals surface area contributed by atoms with Gasteiger partial charge in [-0.2, -0.15) is 0 Å². The van der Waals surface area contributed by atoms with E-state index in [1.54, 1.807) is 24.3 Å². The Kier molecular flexibility index (Phi) is 8.17. The van der Waals surface area contributed by atoms with Crippen molar-refractivity contribution in [1.82, 2.24) is 0 Å². The zero-order chi connectivity index (χ0) is 16.2. The van der Waals surface area contributed by atoms with Crippen LogP contribution in [-0.4, -0.2) is 49.4 Å². The van der Waals surface area contributed by atoms with Gasteiger partial charge in [0.1, 0.15) is 6.61 Å². The lowest BCUT2D eigenvalue weighted by Gasteiger charge is -2.04. The first-order valence-corrected chi connectivity index (χ1v) is 6.48. The second-order valence-electron chi connectivity index (χ2n) is 3.91. The number of cyclic esters (lactones) is 2. The Bertz CT molecular complexity index is 506. The van der Waals surface area contributed by atoms with Crippen LogP contribution < -0.4 is 0 Å². The lowest BCUT2D eigenvalue weighted by Crippen LogP contribution is -2.12. The van der Waals surface area contributed by atoms with Gasteiger partial charge >= 0.3 is 17.9 Å². The highest BCUT2D eigenvalue weighted by Crippen LogP contribution is 2.00. The zero-order valence-electron chi connectivity index (χ0n) is 11.8. The summed E-state index contributed by atoms with van der Waals surface area (Å²) in [5.74, 6) is -1.52. The first-order valence-electron chi connectivity index (χ1n) is 6.48. The lowest BCUT2D eigenvalue weighted by molar-refractivity contribution is -0.150. The predicted octanol–water partition coefficient (Wildman–Crippen LogP) is 0.478. The summed E-state index contributed by atoms with van der Waals surface area (Å²) in [7, 11) is 0. The number of benzene rings is 1. The van der Waals surface area contributed by atoms with Gasteiger partial charge in [-0.15, -0.1) is 0 Å². The number of hydrogen-bond donors (Lipinski definition) is 1. The molecule has 7 nitrogen and oxygen atoms in total. The van der Waals surface area contributed by atoms with E-state index in [0.717, 1.165) is 12.2 Å². The van der Waals surface area contributed by atoms with Gasteiger partial charge in [-0.05, 0) is 12.1 Å². The molecule has 1 N–H and O–H groups in total. The molecular formula is C15H16O7. The molecule has 0 saturated carbocycles. The Morgan fingerprint density at radius 1 is 1.00 bits per heavy atom. The van der Waals surface area contributed by atoms with E-state index in [2.05, 4.69) is 4.74 Å². The first-order chi connectivity index (χ1) is 10.6. The van der Waals surface area contributed by atoms with E-state index in [4.69, 9.17) is 14.6 Å². The molecule has 0 radical (unpaired) electrons. The average Bonchev–Trinajstić information content (AvgIpc) is 2.91. The molecule has 0 aliphatic carbocycles. The molecule has 118 valence electrons. The van der Waals surface area contributed by atoms with Gasteiger partial charge in [0.2, 0.25) is 0 Å². The van der Waals surface area contributed by atoms with E-state index < -0.39 is 11.9 Å². The van der Waals surface area contributed by atoms with Crippen LogP contribution in [0.1, 0.15) is 10.4 Å². The number of esters is 3. The average molecular weight is 308 g/mol. The Labute approximate surface area is 127 Å². The van der Waals surface area contributed by atoms with Gasteiger partial charge in [-0.3, -0.25) is 0 Å². The summed E-state index contributed by atoms with van der Waals surface area (Å²) in [6, 6.07) is 8.77. The van der Waals surface area contributed by atoms with Crippen molar-refractivity contribution >= 4 is 17.9 Å². The molecule has 7 heteroatoms. The summed E-state index contributed by atoms with van der Waals surface area (Å²) < 4.78 is 13.8. The normalized spacial score (nSPS) is 12.4. The number of rotatable bonds is 6. The highest BCUT2D eigenvalue weighted by atomic mass is 16.6. The number of carbonyl (C=O) groups excluding carboxylic acids is 3. The molecular weight excluding hydrogens is 292 g/mol. The van der Waals surface area contributed by atoms with E-state index in [9.17, 15) is 14.4 Å². The molecule has 1 heterocycles. The molecule has 2 rings (SSSR count). The minimum absolute atomic E-state index is 0.0212. The van der Waals surface area contributed by atoms with E-state index in [1.807, 2.05) is 6.07 Å². The molecule has 1 aromatic rings. The SMILES string of the molecule is O=C(OCCOCCO)c1ccccc1.O=C1C=CC(=O)O1. The molecule has 0 amide bonds. The third-order valence-corrected chi connectivity index (χ3v) is 2.26. The molecule has 0 unspecified atom stereocenters. The van der Waals surface area contributed by atoms with Crippen molar-refractivity contribution in [3.63, 3.8) is 0 Å². The van der Waals surface area contributed by atoms with Crippen LogP contribution in [0.3, 0.4) is 0 Å².